The Morgan fingerprint density at radius 2 is 1.97 bits per heavy atom. The highest BCUT2D eigenvalue weighted by Crippen LogP contribution is 2.21. The Morgan fingerprint density at radius 1 is 1.10 bits per heavy atom. The number of nitrogens with zero attached hydrogens (tertiary/aromatic N) is 4. The molecule has 0 radical (unpaired) electrons. The van der Waals surface area contributed by atoms with Gasteiger partial charge in [0, 0.05) is 24.5 Å². The molecule has 8 heteroatoms. The number of amides is 1. The van der Waals surface area contributed by atoms with E-state index in [0.717, 1.165) is 30.9 Å². The number of aromatic nitrogens is 3. The van der Waals surface area contributed by atoms with Crippen LogP contribution in [0, 0.1) is 0 Å². The summed E-state index contributed by atoms with van der Waals surface area (Å²) in [5.41, 5.74) is 0.989. The van der Waals surface area contributed by atoms with Crippen molar-refractivity contribution in [2.75, 3.05) is 23.3 Å². The first kappa shape index (κ1) is 19.1. The molecule has 1 aliphatic heterocycles. The fraction of sp³-hybridized carbons (Fsp3) is 0.238. The molecule has 1 unspecified atom stereocenters. The van der Waals surface area contributed by atoms with Crippen LogP contribution in [0.25, 0.3) is 0 Å². The Labute approximate surface area is 173 Å². The minimum Gasteiger partial charge on any atom is -0.472 e. The lowest BCUT2D eigenvalue weighted by Crippen LogP contribution is -2.41. The van der Waals surface area contributed by atoms with Gasteiger partial charge in [-0.25, -0.2) is 4.98 Å². The smallest absolute Gasteiger partial charge is 0.276 e. The van der Waals surface area contributed by atoms with Gasteiger partial charge in [-0.05, 0) is 43.2 Å². The Bertz CT molecular complexity index is 951. The third-order valence-corrected chi connectivity index (χ3v) is 4.83. The van der Waals surface area contributed by atoms with Crippen molar-refractivity contribution in [3.8, 4) is 5.88 Å². The normalized spacial score (nSPS) is 16.3. The summed E-state index contributed by atoms with van der Waals surface area (Å²) in [5.74, 6) is 0.989. The number of pyridine rings is 1. The molecule has 1 aliphatic rings. The second kappa shape index (κ2) is 8.87. The molecule has 0 saturated carbocycles. The molecule has 0 aliphatic carbocycles. The number of benzene rings is 1. The SMILES string of the molecule is O=C(Nc1ccccc1)c1ccc(N2CCCC(Oc3ccc(Cl)cn3)C2)nn1. The summed E-state index contributed by atoms with van der Waals surface area (Å²) in [4.78, 5) is 18.6. The number of carbonyl (C=O) groups is 1. The number of para-hydroxylation sites is 1. The number of nitrogens with one attached hydrogen (secondary N) is 1. The number of hydrogen-bond acceptors (Lipinski definition) is 6. The summed E-state index contributed by atoms with van der Waals surface area (Å²) < 4.78 is 5.97. The summed E-state index contributed by atoms with van der Waals surface area (Å²) in [6.07, 6.45) is 3.48. The van der Waals surface area contributed by atoms with Crippen molar-refractivity contribution in [1.82, 2.24) is 15.2 Å². The van der Waals surface area contributed by atoms with Crippen molar-refractivity contribution in [1.29, 1.82) is 0 Å². The van der Waals surface area contributed by atoms with Crippen LogP contribution in [0.3, 0.4) is 0 Å². The number of anilines is 2. The number of ether oxygens (including phenoxy) is 1. The number of hydrogen-bond donors (Lipinski definition) is 1. The molecular formula is C21H20ClN5O2. The molecule has 1 N–H and O–H groups in total. The number of carbonyl (C=O) groups excluding carboxylic acids is 1. The molecule has 1 amide bonds. The summed E-state index contributed by atoms with van der Waals surface area (Å²) >= 11 is 5.87. The first-order valence-corrected chi connectivity index (χ1v) is 9.78. The average molecular weight is 410 g/mol. The Morgan fingerprint density at radius 3 is 2.69 bits per heavy atom. The standard InChI is InChI=1S/C21H20ClN5O2/c22-15-8-11-20(23-13-15)29-17-7-4-12-27(14-17)19-10-9-18(25-26-19)21(28)24-16-5-2-1-3-6-16/h1-3,5-6,8-11,13,17H,4,7,12,14H2,(H,24,28). The van der Waals surface area contributed by atoms with Gasteiger partial charge in [-0.2, -0.15) is 0 Å². The van der Waals surface area contributed by atoms with Crippen LogP contribution >= 0.6 is 11.6 Å². The van der Waals surface area contributed by atoms with E-state index in [2.05, 4.69) is 25.4 Å². The van der Waals surface area contributed by atoms with Crippen LogP contribution in [0.15, 0.2) is 60.8 Å². The van der Waals surface area contributed by atoms with E-state index >= 15 is 0 Å². The molecule has 0 bridgehead atoms. The zero-order chi connectivity index (χ0) is 20.1. The third-order valence-electron chi connectivity index (χ3n) is 4.60. The molecule has 3 aromatic rings. The molecule has 148 valence electrons. The molecule has 2 aromatic heterocycles. The van der Waals surface area contributed by atoms with Gasteiger partial charge in [0.1, 0.15) is 6.10 Å². The summed E-state index contributed by atoms with van der Waals surface area (Å²) in [5, 5.41) is 11.7. The van der Waals surface area contributed by atoms with Gasteiger partial charge in [-0.3, -0.25) is 4.79 Å². The largest absolute Gasteiger partial charge is 0.472 e. The van der Waals surface area contributed by atoms with Crippen molar-refractivity contribution in [2.45, 2.75) is 18.9 Å². The maximum absolute atomic E-state index is 12.3. The average Bonchev–Trinajstić information content (AvgIpc) is 2.76. The quantitative estimate of drug-likeness (QED) is 0.689. The second-order valence-electron chi connectivity index (χ2n) is 6.74. The molecule has 4 rings (SSSR count). The molecule has 1 aromatic carbocycles. The van der Waals surface area contributed by atoms with Crippen LogP contribution < -0.4 is 15.0 Å². The Balaban J connectivity index is 1.37. The molecule has 1 atom stereocenters. The first-order chi connectivity index (χ1) is 14.2. The molecule has 7 nitrogen and oxygen atoms in total. The second-order valence-corrected chi connectivity index (χ2v) is 7.18. The Kier molecular flexibility index (Phi) is 5.86. The molecule has 29 heavy (non-hydrogen) atoms. The maximum atomic E-state index is 12.3. The van der Waals surface area contributed by atoms with Crippen LogP contribution in [0.5, 0.6) is 5.88 Å². The lowest BCUT2D eigenvalue weighted by Gasteiger charge is -2.33. The van der Waals surface area contributed by atoms with Crippen LogP contribution in [-0.2, 0) is 0 Å². The van der Waals surface area contributed by atoms with Gasteiger partial charge in [0.05, 0.1) is 11.6 Å². The highest BCUT2D eigenvalue weighted by Gasteiger charge is 2.23. The number of rotatable bonds is 5. The minimum absolute atomic E-state index is 0.000260. The zero-order valence-corrected chi connectivity index (χ0v) is 16.4. The van der Waals surface area contributed by atoms with E-state index in [1.54, 1.807) is 24.4 Å². The Hall–Kier alpha value is -3.19. The van der Waals surface area contributed by atoms with Crippen LogP contribution in [0.4, 0.5) is 11.5 Å². The van der Waals surface area contributed by atoms with Gasteiger partial charge in [0.2, 0.25) is 5.88 Å². The summed E-state index contributed by atoms with van der Waals surface area (Å²) in [6.45, 7) is 1.53. The maximum Gasteiger partial charge on any atom is 0.276 e. The molecular weight excluding hydrogens is 390 g/mol. The van der Waals surface area contributed by atoms with Crippen molar-refractivity contribution < 1.29 is 9.53 Å². The zero-order valence-electron chi connectivity index (χ0n) is 15.7. The van der Waals surface area contributed by atoms with E-state index in [-0.39, 0.29) is 17.7 Å². The van der Waals surface area contributed by atoms with Crippen molar-refractivity contribution in [3.63, 3.8) is 0 Å². The predicted octanol–water partition coefficient (Wildman–Crippen LogP) is 3.83. The van der Waals surface area contributed by atoms with E-state index in [1.807, 2.05) is 36.4 Å². The number of piperidine rings is 1. The van der Waals surface area contributed by atoms with Gasteiger partial charge in [0.15, 0.2) is 11.5 Å². The van der Waals surface area contributed by atoms with Crippen molar-refractivity contribution in [2.24, 2.45) is 0 Å². The first-order valence-electron chi connectivity index (χ1n) is 9.41. The van der Waals surface area contributed by atoms with E-state index in [1.165, 1.54) is 0 Å². The van der Waals surface area contributed by atoms with E-state index in [0.29, 0.717) is 17.4 Å². The summed E-state index contributed by atoms with van der Waals surface area (Å²) in [7, 11) is 0. The fourth-order valence-corrected chi connectivity index (χ4v) is 3.29. The van der Waals surface area contributed by atoms with Crippen LogP contribution in [-0.4, -0.2) is 40.3 Å². The van der Waals surface area contributed by atoms with E-state index < -0.39 is 0 Å². The fourth-order valence-electron chi connectivity index (χ4n) is 3.18. The van der Waals surface area contributed by atoms with Crippen molar-refractivity contribution in [3.05, 3.63) is 71.5 Å². The van der Waals surface area contributed by atoms with Gasteiger partial charge < -0.3 is 15.0 Å². The third kappa shape index (κ3) is 5.00. The lowest BCUT2D eigenvalue weighted by molar-refractivity contribution is 0.102. The predicted molar refractivity (Wildman–Crippen MR) is 112 cm³/mol. The molecule has 1 fully saturated rings. The van der Waals surface area contributed by atoms with E-state index in [4.69, 9.17) is 16.3 Å². The molecule has 1 saturated heterocycles. The lowest BCUT2D eigenvalue weighted by atomic mass is 10.1. The molecule has 0 spiro atoms. The highest BCUT2D eigenvalue weighted by molar-refractivity contribution is 6.30. The monoisotopic (exact) mass is 409 g/mol. The summed E-state index contributed by atoms with van der Waals surface area (Å²) in [6, 6.07) is 16.3. The molecule has 3 heterocycles. The number of halogens is 1. The topological polar surface area (TPSA) is 80.2 Å². The van der Waals surface area contributed by atoms with Crippen molar-refractivity contribution >= 4 is 29.0 Å². The van der Waals surface area contributed by atoms with E-state index in [9.17, 15) is 4.79 Å². The van der Waals surface area contributed by atoms with Crippen LogP contribution in [0.2, 0.25) is 5.02 Å². The van der Waals surface area contributed by atoms with Gasteiger partial charge >= 0.3 is 0 Å². The highest BCUT2D eigenvalue weighted by atomic mass is 35.5. The van der Waals surface area contributed by atoms with Gasteiger partial charge in [-0.15, -0.1) is 10.2 Å². The van der Waals surface area contributed by atoms with Crippen LogP contribution in [0.1, 0.15) is 23.3 Å². The van der Waals surface area contributed by atoms with Gasteiger partial charge in [-0.1, -0.05) is 29.8 Å². The van der Waals surface area contributed by atoms with Gasteiger partial charge in [0.25, 0.3) is 5.91 Å². The minimum atomic E-state index is -0.288.